The Balaban J connectivity index is 2.16. The van der Waals surface area contributed by atoms with E-state index < -0.39 is 11.2 Å². The Kier molecular flexibility index (Phi) is 4.74. The summed E-state index contributed by atoms with van der Waals surface area (Å²) < 4.78 is 16.5. The number of aromatic nitrogens is 2. The van der Waals surface area contributed by atoms with Crippen LogP contribution in [0.25, 0.3) is 0 Å². The summed E-state index contributed by atoms with van der Waals surface area (Å²) >= 11 is 0. The van der Waals surface area contributed by atoms with Crippen molar-refractivity contribution in [2.75, 3.05) is 26.4 Å². The first kappa shape index (κ1) is 15.4. The fourth-order valence-corrected chi connectivity index (χ4v) is 2.32. The molecule has 114 valence electrons. The lowest BCUT2D eigenvalue weighted by Crippen LogP contribution is -2.38. The zero-order valence-electron chi connectivity index (χ0n) is 12.1. The van der Waals surface area contributed by atoms with Crippen molar-refractivity contribution in [3.8, 4) is 0 Å². The van der Waals surface area contributed by atoms with Gasteiger partial charge in [0.25, 0.3) is 0 Å². The molecule has 2 rings (SSSR count). The van der Waals surface area contributed by atoms with Crippen molar-refractivity contribution in [2.45, 2.75) is 44.3 Å². The minimum Gasteiger partial charge on any atom is -0.388 e. The second-order valence-corrected chi connectivity index (χ2v) is 5.43. The molecule has 2 heterocycles. The van der Waals surface area contributed by atoms with E-state index in [1.807, 2.05) is 6.92 Å². The average Bonchev–Trinajstić information content (AvgIpc) is 2.88. The molecule has 0 saturated carbocycles. The minimum atomic E-state index is -1.04. The molecule has 7 nitrogen and oxygen atoms in total. The first-order valence-corrected chi connectivity index (χ1v) is 6.98. The molecule has 1 unspecified atom stereocenters. The molecule has 0 aliphatic carbocycles. The van der Waals surface area contributed by atoms with E-state index in [1.165, 1.54) is 0 Å². The lowest BCUT2D eigenvalue weighted by molar-refractivity contribution is -0.118. The van der Waals surface area contributed by atoms with Gasteiger partial charge in [0.2, 0.25) is 11.7 Å². The number of ether oxygens (including phenoxy) is 2. The van der Waals surface area contributed by atoms with Crippen molar-refractivity contribution in [2.24, 2.45) is 5.73 Å². The number of hydrogen-bond acceptors (Lipinski definition) is 7. The summed E-state index contributed by atoms with van der Waals surface area (Å²) in [7, 11) is 0. The van der Waals surface area contributed by atoms with E-state index in [2.05, 4.69) is 10.1 Å². The molecule has 1 aromatic rings. The highest BCUT2D eigenvalue weighted by Crippen LogP contribution is 2.34. The predicted octanol–water partition coefficient (Wildman–Crippen LogP) is 0.364. The van der Waals surface area contributed by atoms with Gasteiger partial charge in [-0.3, -0.25) is 0 Å². The van der Waals surface area contributed by atoms with Crippen LogP contribution in [0.15, 0.2) is 4.52 Å². The molecule has 0 amide bonds. The quantitative estimate of drug-likeness (QED) is 0.777. The fraction of sp³-hybridized carbons (Fsp3) is 0.846. The van der Waals surface area contributed by atoms with Crippen molar-refractivity contribution in [3.63, 3.8) is 0 Å². The third kappa shape index (κ3) is 3.35. The molecule has 0 aromatic carbocycles. The third-order valence-corrected chi connectivity index (χ3v) is 3.57. The standard InChI is InChI=1S/C13H23N3O4/c1-3-19-13(4-6-18-7-5-13)11-15-10(20-16-11)8-12(2,17)9-14/h17H,3-9,14H2,1-2H3. The predicted molar refractivity (Wildman–Crippen MR) is 71.0 cm³/mol. The lowest BCUT2D eigenvalue weighted by Gasteiger charge is -2.33. The molecule has 1 aliphatic heterocycles. The first-order chi connectivity index (χ1) is 9.51. The van der Waals surface area contributed by atoms with Gasteiger partial charge in [0.15, 0.2) is 0 Å². The van der Waals surface area contributed by atoms with Crippen LogP contribution in [0.4, 0.5) is 0 Å². The van der Waals surface area contributed by atoms with Crippen molar-refractivity contribution < 1.29 is 19.1 Å². The highest BCUT2D eigenvalue weighted by Gasteiger charge is 2.40. The van der Waals surface area contributed by atoms with Crippen molar-refractivity contribution in [1.29, 1.82) is 0 Å². The average molecular weight is 285 g/mol. The normalized spacial score (nSPS) is 21.6. The summed E-state index contributed by atoms with van der Waals surface area (Å²) in [5.41, 5.74) is 3.91. The lowest BCUT2D eigenvalue weighted by atomic mass is 9.93. The van der Waals surface area contributed by atoms with Gasteiger partial charge in [-0.15, -0.1) is 0 Å². The Morgan fingerprint density at radius 3 is 2.75 bits per heavy atom. The van der Waals surface area contributed by atoms with Crippen molar-refractivity contribution in [1.82, 2.24) is 10.1 Å². The van der Waals surface area contributed by atoms with Crippen LogP contribution in [0.5, 0.6) is 0 Å². The largest absolute Gasteiger partial charge is 0.388 e. The Bertz CT molecular complexity index is 421. The smallest absolute Gasteiger partial charge is 0.229 e. The zero-order chi connectivity index (χ0) is 14.6. The van der Waals surface area contributed by atoms with Crippen LogP contribution in [0.3, 0.4) is 0 Å². The van der Waals surface area contributed by atoms with Crippen LogP contribution in [0, 0.1) is 0 Å². The first-order valence-electron chi connectivity index (χ1n) is 6.98. The van der Waals surface area contributed by atoms with Gasteiger partial charge in [0.05, 0.1) is 12.0 Å². The summed E-state index contributed by atoms with van der Waals surface area (Å²) in [5, 5.41) is 14.0. The number of hydrogen-bond donors (Lipinski definition) is 2. The van der Waals surface area contributed by atoms with Gasteiger partial charge in [-0.2, -0.15) is 4.98 Å². The highest BCUT2D eigenvalue weighted by molar-refractivity contribution is 5.04. The van der Waals surface area contributed by atoms with E-state index in [0.717, 1.165) is 0 Å². The van der Waals surface area contributed by atoms with Gasteiger partial charge < -0.3 is 24.8 Å². The summed E-state index contributed by atoms with van der Waals surface area (Å²) in [5.74, 6) is 0.909. The maximum Gasteiger partial charge on any atom is 0.229 e. The minimum absolute atomic E-state index is 0.134. The topological polar surface area (TPSA) is 104 Å². The Hall–Kier alpha value is -1.02. The number of aliphatic hydroxyl groups is 1. The van der Waals surface area contributed by atoms with Gasteiger partial charge in [-0.25, -0.2) is 0 Å². The fourth-order valence-electron chi connectivity index (χ4n) is 2.32. The van der Waals surface area contributed by atoms with E-state index in [9.17, 15) is 5.11 Å². The van der Waals surface area contributed by atoms with Gasteiger partial charge >= 0.3 is 0 Å². The van der Waals surface area contributed by atoms with Crippen molar-refractivity contribution in [3.05, 3.63) is 11.7 Å². The Morgan fingerprint density at radius 1 is 1.45 bits per heavy atom. The monoisotopic (exact) mass is 285 g/mol. The Labute approximate surface area is 118 Å². The van der Waals surface area contributed by atoms with E-state index in [0.29, 0.717) is 44.4 Å². The number of nitrogens with zero attached hydrogens (tertiary/aromatic N) is 2. The SMILES string of the molecule is CCOC1(c2noc(CC(C)(O)CN)n2)CCOCC1. The summed E-state index contributed by atoms with van der Waals surface area (Å²) in [6, 6.07) is 0. The van der Waals surface area contributed by atoms with Crippen LogP contribution in [-0.2, 0) is 21.5 Å². The number of rotatable bonds is 6. The summed E-state index contributed by atoms with van der Waals surface area (Å²) in [4.78, 5) is 4.38. The van der Waals surface area contributed by atoms with Gasteiger partial charge in [-0.1, -0.05) is 5.16 Å². The van der Waals surface area contributed by atoms with Crippen molar-refractivity contribution >= 4 is 0 Å². The molecule has 0 spiro atoms. The van der Waals surface area contributed by atoms with Crippen LogP contribution in [-0.4, -0.2) is 47.2 Å². The molecule has 3 N–H and O–H groups in total. The van der Waals surface area contributed by atoms with Crippen LogP contribution in [0.2, 0.25) is 0 Å². The molecular weight excluding hydrogens is 262 g/mol. The van der Waals surface area contributed by atoms with Crippen LogP contribution >= 0.6 is 0 Å². The van der Waals surface area contributed by atoms with Crippen LogP contribution in [0.1, 0.15) is 38.4 Å². The third-order valence-electron chi connectivity index (χ3n) is 3.57. The van der Waals surface area contributed by atoms with E-state index >= 15 is 0 Å². The second kappa shape index (κ2) is 6.17. The second-order valence-electron chi connectivity index (χ2n) is 5.43. The maximum absolute atomic E-state index is 9.96. The highest BCUT2D eigenvalue weighted by atomic mass is 16.5. The Morgan fingerprint density at radius 2 is 2.15 bits per heavy atom. The zero-order valence-corrected chi connectivity index (χ0v) is 12.1. The molecule has 1 fully saturated rings. The van der Waals surface area contributed by atoms with Gasteiger partial charge in [0, 0.05) is 39.2 Å². The van der Waals surface area contributed by atoms with E-state index in [1.54, 1.807) is 6.92 Å². The van der Waals surface area contributed by atoms with Gasteiger partial charge in [0.1, 0.15) is 5.60 Å². The molecule has 7 heteroatoms. The number of nitrogens with two attached hydrogens (primary N) is 1. The van der Waals surface area contributed by atoms with E-state index in [-0.39, 0.29) is 13.0 Å². The molecule has 0 radical (unpaired) electrons. The maximum atomic E-state index is 9.96. The molecule has 1 saturated heterocycles. The molecule has 1 aromatic heterocycles. The molecule has 1 atom stereocenters. The molecule has 1 aliphatic rings. The summed E-state index contributed by atoms with van der Waals surface area (Å²) in [6.07, 6.45) is 1.63. The molecular formula is C13H23N3O4. The summed E-state index contributed by atoms with van der Waals surface area (Å²) in [6.45, 7) is 5.52. The molecule has 0 bridgehead atoms. The van der Waals surface area contributed by atoms with Gasteiger partial charge in [-0.05, 0) is 13.8 Å². The van der Waals surface area contributed by atoms with Crippen LogP contribution < -0.4 is 5.73 Å². The van der Waals surface area contributed by atoms with E-state index in [4.69, 9.17) is 19.7 Å². The molecule has 20 heavy (non-hydrogen) atoms.